The number of hydrogen-bond donors (Lipinski definition) is 3. The van der Waals surface area contributed by atoms with Crippen molar-refractivity contribution >= 4 is 40.0 Å². The zero-order valence-electron chi connectivity index (χ0n) is 16.1. The normalized spacial score (nSPS) is 20.6. The molecule has 0 atom stereocenters. The molecule has 0 bridgehead atoms. The number of nitrogens with one attached hydrogen (secondary N) is 3. The van der Waals surface area contributed by atoms with Crippen LogP contribution in [0, 0.1) is 5.92 Å². The van der Waals surface area contributed by atoms with Gasteiger partial charge in [0.25, 0.3) is 0 Å². The minimum absolute atomic E-state index is 0. The Morgan fingerprint density at radius 2 is 2.00 bits per heavy atom. The maximum atomic E-state index is 12.1. The molecule has 9 heteroatoms. The lowest BCUT2D eigenvalue weighted by molar-refractivity contribution is 0.304. The molecule has 0 unspecified atom stereocenters. The summed E-state index contributed by atoms with van der Waals surface area (Å²) in [6.45, 7) is 5.68. The van der Waals surface area contributed by atoms with Crippen molar-refractivity contribution in [2.75, 3.05) is 19.6 Å². The highest BCUT2D eigenvalue weighted by molar-refractivity contribution is 14.0. The molecule has 27 heavy (non-hydrogen) atoms. The van der Waals surface area contributed by atoms with E-state index in [-0.39, 0.29) is 35.4 Å². The van der Waals surface area contributed by atoms with Crippen LogP contribution in [0.1, 0.15) is 46.0 Å². The molecule has 1 aromatic heterocycles. The highest BCUT2D eigenvalue weighted by Gasteiger charge is 2.20. The van der Waals surface area contributed by atoms with Crippen molar-refractivity contribution in [3.05, 3.63) is 24.5 Å². The van der Waals surface area contributed by atoms with E-state index >= 15 is 0 Å². The Morgan fingerprint density at radius 1 is 1.26 bits per heavy atom. The minimum Gasteiger partial charge on any atom is -0.357 e. The van der Waals surface area contributed by atoms with Gasteiger partial charge in [-0.15, -0.1) is 24.0 Å². The van der Waals surface area contributed by atoms with Crippen LogP contribution in [0.3, 0.4) is 0 Å². The summed E-state index contributed by atoms with van der Waals surface area (Å²) in [5, 5.41) is 6.72. The van der Waals surface area contributed by atoms with Gasteiger partial charge in [0, 0.05) is 31.5 Å². The van der Waals surface area contributed by atoms with Crippen molar-refractivity contribution in [1.82, 2.24) is 20.3 Å². The van der Waals surface area contributed by atoms with E-state index in [1.807, 2.05) is 6.92 Å². The number of halogens is 1. The van der Waals surface area contributed by atoms with Crippen LogP contribution in [0.15, 0.2) is 34.4 Å². The summed E-state index contributed by atoms with van der Waals surface area (Å²) in [4.78, 5) is 8.51. The van der Waals surface area contributed by atoms with Crippen LogP contribution in [-0.2, 0) is 10.0 Å². The SMILES string of the molecule is CCNC(=NCCNS(=O)(=O)c1cccnc1)NC1CCC(CC)CC1.I. The van der Waals surface area contributed by atoms with Crippen LogP contribution in [0.25, 0.3) is 0 Å². The smallest absolute Gasteiger partial charge is 0.242 e. The second kappa shape index (κ2) is 12.5. The molecule has 1 saturated carbocycles. The first-order chi connectivity index (χ1) is 12.5. The summed E-state index contributed by atoms with van der Waals surface area (Å²) in [6.07, 6.45) is 9.00. The van der Waals surface area contributed by atoms with E-state index in [1.54, 1.807) is 12.3 Å². The number of rotatable bonds is 8. The van der Waals surface area contributed by atoms with E-state index in [0.717, 1.165) is 31.3 Å². The zero-order valence-corrected chi connectivity index (χ0v) is 19.3. The first-order valence-electron chi connectivity index (χ1n) is 9.49. The number of guanidine groups is 1. The number of aliphatic imine (C=N–C) groups is 1. The molecule has 1 aliphatic carbocycles. The summed E-state index contributed by atoms with van der Waals surface area (Å²) in [6, 6.07) is 3.58. The molecule has 1 aliphatic rings. The quantitative estimate of drug-likeness (QED) is 0.217. The highest BCUT2D eigenvalue weighted by atomic mass is 127. The van der Waals surface area contributed by atoms with Crippen molar-refractivity contribution in [2.45, 2.75) is 56.9 Å². The standard InChI is InChI=1S/C18H31N5O2S.HI/c1-3-15-7-9-16(10-8-15)23-18(20-4-2)21-12-13-22-26(24,25)17-6-5-11-19-14-17;/h5-6,11,14-16,22H,3-4,7-10,12-13H2,1-2H3,(H2,20,21,23);1H. The van der Waals surface area contributed by atoms with Gasteiger partial charge in [0.05, 0.1) is 6.54 Å². The molecule has 2 rings (SSSR count). The van der Waals surface area contributed by atoms with E-state index in [9.17, 15) is 8.42 Å². The van der Waals surface area contributed by atoms with Crippen LogP contribution < -0.4 is 15.4 Å². The van der Waals surface area contributed by atoms with Gasteiger partial charge >= 0.3 is 0 Å². The lowest BCUT2D eigenvalue weighted by Crippen LogP contribution is -2.45. The Morgan fingerprint density at radius 3 is 2.59 bits per heavy atom. The molecule has 0 radical (unpaired) electrons. The Balaban J connectivity index is 0.00000364. The van der Waals surface area contributed by atoms with Gasteiger partial charge < -0.3 is 10.6 Å². The van der Waals surface area contributed by atoms with E-state index in [0.29, 0.717) is 12.6 Å². The molecule has 0 saturated heterocycles. The second-order valence-electron chi connectivity index (χ2n) is 6.62. The van der Waals surface area contributed by atoms with Gasteiger partial charge in [-0.25, -0.2) is 13.1 Å². The van der Waals surface area contributed by atoms with Crippen molar-refractivity contribution < 1.29 is 8.42 Å². The summed E-state index contributed by atoms with van der Waals surface area (Å²) in [5.41, 5.74) is 0. The first-order valence-corrected chi connectivity index (χ1v) is 11.0. The van der Waals surface area contributed by atoms with Crippen LogP contribution in [0.5, 0.6) is 0 Å². The predicted octanol–water partition coefficient (Wildman–Crippen LogP) is 2.50. The number of nitrogens with zero attached hydrogens (tertiary/aromatic N) is 2. The number of pyridine rings is 1. The van der Waals surface area contributed by atoms with Crippen LogP contribution in [-0.4, -0.2) is 45.0 Å². The van der Waals surface area contributed by atoms with Crippen molar-refractivity contribution in [1.29, 1.82) is 0 Å². The molecule has 7 nitrogen and oxygen atoms in total. The average molecular weight is 509 g/mol. The first kappa shape index (κ1) is 24.1. The number of hydrogen-bond acceptors (Lipinski definition) is 4. The fourth-order valence-corrected chi connectivity index (χ4v) is 4.15. The van der Waals surface area contributed by atoms with E-state index in [1.165, 1.54) is 31.5 Å². The maximum Gasteiger partial charge on any atom is 0.242 e. The Hall–Kier alpha value is -0.940. The molecule has 0 aliphatic heterocycles. The van der Waals surface area contributed by atoms with Crippen LogP contribution >= 0.6 is 24.0 Å². The molecule has 1 heterocycles. The molecule has 0 aromatic carbocycles. The number of sulfonamides is 1. The van der Waals surface area contributed by atoms with Crippen molar-refractivity contribution in [3.8, 4) is 0 Å². The lowest BCUT2D eigenvalue weighted by Gasteiger charge is -2.29. The molecule has 0 spiro atoms. The van der Waals surface area contributed by atoms with Gasteiger partial charge in [-0.05, 0) is 50.7 Å². The maximum absolute atomic E-state index is 12.1. The summed E-state index contributed by atoms with van der Waals surface area (Å²) in [7, 11) is -3.53. The van der Waals surface area contributed by atoms with Gasteiger partial charge in [0.1, 0.15) is 4.90 Å². The molecule has 3 N–H and O–H groups in total. The van der Waals surface area contributed by atoms with E-state index in [2.05, 4.69) is 32.3 Å². The van der Waals surface area contributed by atoms with Gasteiger partial charge in [-0.2, -0.15) is 0 Å². The fourth-order valence-electron chi connectivity index (χ4n) is 3.17. The Bertz CT molecular complexity index is 662. The van der Waals surface area contributed by atoms with Gasteiger partial charge in [0.15, 0.2) is 5.96 Å². The second-order valence-corrected chi connectivity index (χ2v) is 8.38. The van der Waals surface area contributed by atoms with Crippen molar-refractivity contribution in [2.24, 2.45) is 10.9 Å². The molecule has 0 amide bonds. The third kappa shape index (κ3) is 8.30. The number of aromatic nitrogens is 1. The highest BCUT2D eigenvalue weighted by Crippen LogP contribution is 2.26. The summed E-state index contributed by atoms with van der Waals surface area (Å²) in [5.74, 6) is 1.61. The van der Waals surface area contributed by atoms with Crippen LogP contribution in [0.2, 0.25) is 0 Å². The monoisotopic (exact) mass is 509 g/mol. The third-order valence-electron chi connectivity index (χ3n) is 4.73. The Kier molecular flexibility index (Phi) is 11.2. The molecule has 1 fully saturated rings. The van der Waals surface area contributed by atoms with E-state index < -0.39 is 10.0 Å². The summed E-state index contributed by atoms with van der Waals surface area (Å²) >= 11 is 0. The van der Waals surface area contributed by atoms with Crippen LogP contribution in [0.4, 0.5) is 0 Å². The van der Waals surface area contributed by atoms with E-state index in [4.69, 9.17) is 0 Å². The summed E-state index contributed by atoms with van der Waals surface area (Å²) < 4.78 is 26.9. The van der Waals surface area contributed by atoms with Gasteiger partial charge in [0.2, 0.25) is 10.0 Å². The Labute approximate surface area is 180 Å². The van der Waals surface area contributed by atoms with Gasteiger partial charge in [-0.1, -0.05) is 13.3 Å². The molecular formula is C18H32IN5O2S. The lowest BCUT2D eigenvalue weighted by atomic mass is 9.84. The fraction of sp³-hybridized carbons (Fsp3) is 0.667. The third-order valence-corrected chi connectivity index (χ3v) is 6.17. The average Bonchev–Trinajstić information content (AvgIpc) is 2.66. The predicted molar refractivity (Wildman–Crippen MR) is 120 cm³/mol. The molecule has 154 valence electrons. The largest absolute Gasteiger partial charge is 0.357 e. The molecule has 1 aromatic rings. The zero-order chi connectivity index (χ0) is 18.8. The minimum atomic E-state index is -3.53. The van der Waals surface area contributed by atoms with Gasteiger partial charge in [-0.3, -0.25) is 9.98 Å². The van der Waals surface area contributed by atoms with Crippen molar-refractivity contribution in [3.63, 3.8) is 0 Å². The molecular weight excluding hydrogens is 477 g/mol. The topological polar surface area (TPSA) is 95.5 Å².